The molecule has 0 bridgehead atoms. The second-order valence-electron chi connectivity index (χ2n) is 5.47. The van der Waals surface area contributed by atoms with Crippen molar-refractivity contribution in [3.05, 3.63) is 53.9 Å². The molecule has 0 aliphatic carbocycles. The number of imidazole rings is 1. The maximum atomic E-state index is 5.87. The van der Waals surface area contributed by atoms with E-state index in [1.54, 1.807) is 0 Å². The molecule has 1 unspecified atom stereocenters. The van der Waals surface area contributed by atoms with Crippen LogP contribution in [0.15, 0.2) is 42.5 Å². The van der Waals surface area contributed by atoms with E-state index in [-0.39, 0.29) is 6.04 Å². The van der Waals surface area contributed by atoms with Gasteiger partial charge in [-0.2, -0.15) is 0 Å². The van der Waals surface area contributed by atoms with Crippen LogP contribution in [0.2, 0.25) is 0 Å². The summed E-state index contributed by atoms with van der Waals surface area (Å²) in [5.74, 6) is 1.99. The molecular weight excluding hydrogens is 262 g/mol. The molecule has 2 N–H and O–H groups in total. The van der Waals surface area contributed by atoms with Gasteiger partial charge in [-0.05, 0) is 31.2 Å². The number of hydrogen-bond donors (Lipinski definition) is 1. The highest BCUT2D eigenvalue weighted by molar-refractivity contribution is 5.80. The lowest BCUT2D eigenvalue weighted by Crippen LogP contribution is -2.21. The van der Waals surface area contributed by atoms with Gasteiger partial charge in [0.15, 0.2) is 0 Å². The average Bonchev–Trinajstić information content (AvgIpc) is 2.81. The molecule has 2 heterocycles. The van der Waals surface area contributed by atoms with Gasteiger partial charge < -0.3 is 15.0 Å². The lowest BCUT2D eigenvalue weighted by atomic mass is 10.00. The van der Waals surface area contributed by atoms with Gasteiger partial charge in [0.25, 0.3) is 0 Å². The number of aryl methyl sites for hydroxylation is 1. The first-order chi connectivity index (χ1) is 10.2. The molecule has 0 saturated heterocycles. The van der Waals surface area contributed by atoms with Crippen molar-refractivity contribution in [2.24, 2.45) is 0 Å². The molecular formula is C17H17N3O. The van der Waals surface area contributed by atoms with Crippen molar-refractivity contribution < 1.29 is 4.74 Å². The number of hydrogen-bond acceptors (Lipinski definition) is 3. The van der Waals surface area contributed by atoms with Crippen molar-refractivity contribution in [2.75, 3.05) is 12.3 Å². The smallest absolute Gasteiger partial charge is 0.124 e. The summed E-state index contributed by atoms with van der Waals surface area (Å²) in [4.78, 5) is 4.66. The van der Waals surface area contributed by atoms with E-state index >= 15 is 0 Å². The zero-order valence-electron chi connectivity index (χ0n) is 11.9. The number of ether oxygens (including phenoxy) is 1. The van der Waals surface area contributed by atoms with E-state index in [0.717, 1.165) is 41.3 Å². The third-order valence-corrected chi connectivity index (χ3v) is 4.13. The van der Waals surface area contributed by atoms with Gasteiger partial charge in [-0.15, -0.1) is 0 Å². The molecule has 0 radical (unpaired) electrons. The van der Waals surface area contributed by atoms with E-state index < -0.39 is 0 Å². The first-order valence-corrected chi connectivity index (χ1v) is 7.20. The van der Waals surface area contributed by atoms with Crippen LogP contribution in [0.3, 0.4) is 0 Å². The second kappa shape index (κ2) is 4.52. The van der Waals surface area contributed by atoms with Gasteiger partial charge in [0.1, 0.15) is 11.6 Å². The number of para-hydroxylation sites is 1. The largest absolute Gasteiger partial charge is 0.493 e. The fraction of sp³-hybridized carbons (Fsp3) is 0.235. The Balaban J connectivity index is 1.94. The van der Waals surface area contributed by atoms with Crippen LogP contribution in [-0.2, 0) is 0 Å². The van der Waals surface area contributed by atoms with E-state index in [1.165, 1.54) is 5.56 Å². The summed E-state index contributed by atoms with van der Waals surface area (Å²) in [5.41, 5.74) is 9.93. The number of fused-ring (bicyclic) bond motifs is 2. The molecule has 4 rings (SSSR count). The molecule has 0 amide bonds. The summed E-state index contributed by atoms with van der Waals surface area (Å²) >= 11 is 0. The number of nitrogens with zero attached hydrogens (tertiary/aromatic N) is 2. The van der Waals surface area contributed by atoms with Crippen LogP contribution < -0.4 is 10.5 Å². The van der Waals surface area contributed by atoms with Gasteiger partial charge in [-0.3, -0.25) is 0 Å². The number of nitrogen functional groups attached to an aromatic ring is 1. The molecule has 2 aromatic carbocycles. The van der Waals surface area contributed by atoms with Crippen molar-refractivity contribution in [1.82, 2.24) is 9.55 Å². The first kappa shape index (κ1) is 12.3. The minimum atomic E-state index is 0.267. The van der Waals surface area contributed by atoms with Gasteiger partial charge in [-0.1, -0.05) is 18.2 Å². The van der Waals surface area contributed by atoms with Crippen molar-refractivity contribution in [1.29, 1.82) is 0 Å². The Kier molecular flexibility index (Phi) is 2.64. The van der Waals surface area contributed by atoms with Crippen molar-refractivity contribution in [3.8, 4) is 5.75 Å². The number of anilines is 1. The van der Waals surface area contributed by atoms with Crippen LogP contribution in [-0.4, -0.2) is 16.2 Å². The predicted octanol–water partition coefficient (Wildman–Crippen LogP) is 3.30. The molecule has 3 aromatic rings. The molecule has 0 saturated carbocycles. The van der Waals surface area contributed by atoms with Crippen LogP contribution in [0.4, 0.5) is 5.69 Å². The molecule has 106 valence electrons. The van der Waals surface area contributed by atoms with Crippen LogP contribution >= 0.6 is 0 Å². The Morgan fingerprint density at radius 2 is 2.10 bits per heavy atom. The minimum absolute atomic E-state index is 0.267. The fourth-order valence-electron chi connectivity index (χ4n) is 3.22. The van der Waals surface area contributed by atoms with Crippen LogP contribution in [0.25, 0.3) is 11.0 Å². The summed E-state index contributed by atoms with van der Waals surface area (Å²) < 4.78 is 8.07. The fourth-order valence-corrected chi connectivity index (χ4v) is 3.22. The normalized spacial score (nSPS) is 17.5. The first-order valence-electron chi connectivity index (χ1n) is 7.20. The van der Waals surface area contributed by atoms with Crippen molar-refractivity contribution >= 4 is 16.7 Å². The second-order valence-corrected chi connectivity index (χ2v) is 5.47. The number of benzene rings is 2. The maximum absolute atomic E-state index is 5.87. The van der Waals surface area contributed by atoms with E-state index in [0.29, 0.717) is 0 Å². The molecule has 4 nitrogen and oxygen atoms in total. The Bertz CT molecular complexity index is 822. The Hall–Kier alpha value is -2.49. The number of rotatable bonds is 1. The minimum Gasteiger partial charge on any atom is -0.493 e. The van der Waals surface area contributed by atoms with Gasteiger partial charge in [0, 0.05) is 17.7 Å². The Morgan fingerprint density at radius 1 is 1.24 bits per heavy atom. The standard InChI is InChI=1S/C17H17N3O/c1-11-19-14-10-12(18)6-7-16(14)20(11)15-8-9-21-17-5-3-2-4-13(15)17/h2-7,10,15H,8-9,18H2,1H3. The van der Waals surface area contributed by atoms with E-state index in [1.807, 2.05) is 31.2 Å². The average molecular weight is 279 g/mol. The molecule has 1 aromatic heterocycles. The summed E-state index contributed by atoms with van der Waals surface area (Å²) in [6.45, 7) is 2.78. The SMILES string of the molecule is Cc1nc2cc(N)ccc2n1C1CCOc2ccccc21. The highest BCUT2D eigenvalue weighted by Crippen LogP contribution is 2.37. The topological polar surface area (TPSA) is 53.1 Å². The number of nitrogens with two attached hydrogens (primary N) is 1. The summed E-state index contributed by atoms with van der Waals surface area (Å²) in [6, 6.07) is 14.4. The van der Waals surface area contributed by atoms with Crippen LogP contribution in [0, 0.1) is 6.92 Å². The molecule has 0 spiro atoms. The molecule has 1 aliphatic heterocycles. The molecule has 1 aliphatic rings. The van der Waals surface area contributed by atoms with Crippen LogP contribution in [0.5, 0.6) is 5.75 Å². The van der Waals surface area contributed by atoms with Crippen molar-refractivity contribution in [3.63, 3.8) is 0 Å². The lowest BCUT2D eigenvalue weighted by Gasteiger charge is -2.28. The maximum Gasteiger partial charge on any atom is 0.124 e. The monoisotopic (exact) mass is 279 g/mol. The number of aromatic nitrogens is 2. The molecule has 4 heteroatoms. The lowest BCUT2D eigenvalue weighted by molar-refractivity contribution is 0.257. The van der Waals surface area contributed by atoms with E-state index in [4.69, 9.17) is 10.5 Å². The third kappa shape index (κ3) is 1.87. The van der Waals surface area contributed by atoms with Gasteiger partial charge >= 0.3 is 0 Å². The van der Waals surface area contributed by atoms with Crippen LogP contribution in [0.1, 0.15) is 23.9 Å². The third-order valence-electron chi connectivity index (χ3n) is 4.13. The Labute approximate surface area is 123 Å². The summed E-state index contributed by atoms with van der Waals surface area (Å²) in [5, 5.41) is 0. The highest BCUT2D eigenvalue weighted by Gasteiger charge is 2.25. The van der Waals surface area contributed by atoms with Gasteiger partial charge in [0.05, 0.1) is 23.7 Å². The molecule has 21 heavy (non-hydrogen) atoms. The molecule has 1 atom stereocenters. The van der Waals surface area contributed by atoms with Gasteiger partial charge in [-0.25, -0.2) is 4.98 Å². The highest BCUT2D eigenvalue weighted by atomic mass is 16.5. The molecule has 0 fully saturated rings. The quantitative estimate of drug-likeness (QED) is 0.695. The van der Waals surface area contributed by atoms with E-state index in [2.05, 4.69) is 27.8 Å². The van der Waals surface area contributed by atoms with Gasteiger partial charge in [0.2, 0.25) is 0 Å². The zero-order valence-corrected chi connectivity index (χ0v) is 11.9. The summed E-state index contributed by atoms with van der Waals surface area (Å²) in [6.07, 6.45) is 0.952. The van der Waals surface area contributed by atoms with E-state index in [9.17, 15) is 0 Å². The summed E-state index contributed by atoms with van der Waals surface area (Å²) in [7, 11) is 0. The predicted molar refractivity (Wildman–Crippen MR) is 83.6 cm³/mol. The van der Waals surface area contributed by atoms with Crippen molar-refractivity contribution in [2.45, 2.75) is 19.4 Å². The zero-order chi connectivity index (χ0) is 14.4. The Morgan fingerprint density at radius 3 is 3.00 bits per heavy atom.